The molecule has 1 aliphatic carbocycles. The van der Waals surface area contributed by atoms with Crippen LogP contribution in [-0.2, 0) is 16.4 Å². The number of carbonyl (C=O) groups is 1. The van der Waals surface area contributed by atoms with E-state index in [9.17, 15) is 18.0 Å². The van der Waals surface area contributed by atoms with Gasteiger partial charge >= 0.3 is 6.18 Å². The van der Waals surface area contributed by atoms with Crippen LogP contribution in [0.4, 0.5) is 24.5 Å². The van der Waals surface area contributed by atoms with Crippen LogP contribution in [0.2, 0.25) is 0 Å². The predicted octanol–water partition coefficient (Wildman–Crippen LogP) is 5.51. The molecular formula is C21H18F3N3O2. The Labute approximate surface area is 165 Å². The Morgan fingerprint density at radius 2 is 1.79 bits per heavy atom. The number of aromatic nitrogens is 2. The van der Waals surface area contributed by atoms with Gasteiger partial charge in [0.05, 0.1) is 16.8 Å². The summed E-state index contributed by atoms with van der Waals surface area (Å²) in [5, 5.41) is 11.3. The maximum Gasteiger partial charge on any atom is 0.416 e. The zero-order chi connectivity index (χ0) is 20.6. The van der Waals surface area contributed by atoms with Crippen molar-refractivity contribution in [2.75, 3.05) is 5.32 Å². The van der Waals surface area contributed by atoms with Crippen molar-refractivity contribution < 1.29 is 22.4 Å². The molecule has 1 saturated carbocycles. The van der Waals surface area contributed by atoms with Gasteiger partial charge in [-0.2, -0.15) is 13.2 Å². The first-order valence-electron chi connectivity index (χ1n) is 9.24. The van der Waals surface area contributed by atoms with Crippen LogP contribution in [0, 0.1) is 0 Å². The van der Waals surface area contributed by atoms with Gasteiger partial charge in [0.1, 0.15) is 11.2 Å². The highest BCUT2D eigenvalue weighted by atomic mass is 19.4. The number of benzene rings is 2. The summed E-state index contributed by atoms with van der Waals surface area (Å²) in [6.45, 7) is 1.81. The second-order valence-electron chi connectivity index (χ2n) is 7.02. The van der Waals surface area contributed by atoms with Gasteiger partial charge in [0.25, 0.3) is 0 Å². The third kappa shape index (κ3) is 3.62. The van der Waals surface area contributed by atoms with Crippen LogP contribution in [0.1, 0.15) is 37.6 Å². The van der Waals surface area contributed by atoms with E-state index in [1.807, 2.05) is 6.92 Å². The highest BCUT2D eigenvalue weighted by molar-refractivity contribution is 5.91. The lowest BCUT2D eigenvalue weighted by Gasteiger charge is -2.12. The molecule has 1 aliphatic rings. The summed E-state index contributed by atoms with van der Waals surface area (Å²) >= 11 is 0. The first kappa shape index (κ1) is 19.2. The number of halogens is 3. The molecule has 0 saturated heterocycles. The van der Waals surface area contributed by atoms with E-state index in [4.69, 9.17) is 4.42 Å². The number of hydrogen-bond acceptors (Lipinski definition) is 5. The minimum atomic E-state index is -4.38. The molecule has 0 bridgehead atoms. The fourth-order valence-corrected chi connectivity index (χ4v) is 3.28. The molecule has 4 rings (SSSR count). The minimum absolute atomic E-state index is 0.0869. The van der Waals surface area contributed by atoms with E-state index < -0.39 is 17.2 Å². The molecule has 0 atom stereocenters. The van der Waals surface area contributed by atoms with Crippen LogP contribution in [-0.4, -0.2) is 16.0 Å². The number of carbonyl (C=O) groups excluding carboxylic acids is 1. The minimum Gasteiger partial charge on any atom is -0.420 e. The molecule has 150 valence electrons. The summed E-state index contributed by atoms with van der Waals surface area (Å²) in [4.78, 5) is 12.2. The molecule has 0 radical (unpaired) electrons. The Hall–Kier alpha value is -3.16. The molecule has 3 aromatic rings. The molecule has 1 aromatic heterocycles. The molecule has 0 aliphatic heterocycles. The average Bonchev–Trinajstić information content (AvgIpc) is 3.37. The molecule has 2 aromatic carbocycles. The molecule has 1 heterocycles. The van der Waals surface area contributed by atoms with Crippen molar-refractivity contribution in [3.05, 3.63) is 60.0 Å². The largest absolute Gasteiger partial charge is 0.420 e. The predicted molar refractivity (Wildman–Crippen MR) is 101 cm³/mol. The van der Waals surface area contributed by atoms with Gasteiger partial charge in [0, 0.05) is 12.1 Å². The lowest BCUT2D eigenvalue weighted by Crippen LogP contribution is -2.19. The monoisotopic (exact) mass is 401 g/mol. The van der Waals surface area contributed by atoms with Gasteiger partial charge in [0.15, 0.2) is 0 Å². The molecule has 29 heavy (non-hydrogen) atoms. The summed E-state index contributed by atoms with van der Waals surface area (Å²) in [5.41, 5.74) is 0.328. The van der Waals surface area contributed by atoms with E-state index in [1.54, 1.807) is 24.3 Å². The second-order valence-corrected chi connectivity index (χ2v) is 7.02. The van der Waals surface area contributed by atoms with E-state index in [0.717, 1.165) is 12.1 Å². The average molecular weight is 401 g/mol. The molecule has 0 amide bonds. The van der Waals surface area contributed by atoms with E-state index in [0.29, 0.717) is 42.1 Å². The fourth-order valence-electron chi connectivity index (χ4n) is 3.28. The third-order valence-electron chi connectivity index (χ3n) is 5.09. The summed E-state index contributed by atoms with van der Waals surface area (Å²) in [5.74, 6) is 0.665. The van der Waals surface area contributed by atoms with Crippen molar-refractivity contribution in [3.63, 3.8) is 0 Å². The van der Waals surface area contributed by atoms with Crippen molar-refractivity contribution in [2.45, 2.75) is 37.8 Å². The van der Waals surface area contributed by atoms with Gasteiger partial charge in [-0.3, -0.25) is 4.79 Å². The molecule has 0 unspecified atom stereocenters. The SMILES string of the molecule is CCC(=O)C1(c2nnc(-c3ccccc3Nc3ccc(C(F)(F)F)cc3)o2)CC1. The normalized spacial score (nSPS) is 15.2. The van der Waals surface area contributed by atoms with E-state index in [1.165, 1.54) is 12.1 Å². The molecule has 1 N–H and O–H groups in total. The maximum atomic E-state index is 12.7. The summed E-state index contributed by atoms with van der Waals surface area (Å²) in [6, 6.07) is 11.9. The molecule has 0 spiro atoms. The van der Waals surface area contributed by atoms with Crippen LogP contribution >= 0.6 is 0 Å². The Morgan fingerprint density at radius 1 is 1.10 bits per heavy atom. The lowest BCUT2D eigenvalue weighted by atomic mass is 9.99. The molecule has 8 heteroatoms. The van der Waals surface area contributed by atoms with Crippen molar-refractivity contribution in [1.82, 2.24) is 10.2 Å². The van der Waals surface area contributed by atoms with Gasteiger partial charge in [-0.1, -0.05) is 19.1 Å². The molecule has 1 fully saturated rings. The maximum absolute atomic E-state index is 12.7. The van der Waals surface area contributed by atoms with Crippen LogP contribution < -0.4 is 5.32 Å². The molecular weight excluding hydrogens is 383 g/mol. The van der Waals surface area contributed by atoms with Crippen molar-refractivity contribution >= 4 is 17.2 Å². The first-order valence-corrected chi connectivity index (χ1v) is 9.24. The van der Waals surface area contributed by atoms with Crippen LogP contribution in [0.15, 0.2) is 52.9 Å². The van der Waals surface area contributed by atoms with Gasteiger partial charge in [-0.15, -0.1) is 10.2 Å². The van der Waals surface area contributed by atoms with E-state index in [2.05, 4.69) is 15.5 Å². The van der Waals surface area contributed by atoms with Crippen LogP contribution in [0.3, 0.4) is 0 Å². The Balaban J connectivity index is 1.61. The van der Waals surface area contributed by atoms with Crippen molar-refractivity contribution in [2.24, 2.45) is 0 Å². The number of anilines is 2. The number of nitrogens with zero attached hydrogens (tertiary/aromatic N) is 2. The first-order chi connectivity index (χ1) is 13.8. The smallest absolute Gasteiger partial charge is 0.416 e. The second kappa shape index (κ2) is 7.02. The summed E-state index contributed by atoms with van der Waals surface area (Å²) in [7, 11) is 0. The summed E-state index contributed by atoms with van der Waals surface area (Å²) in [6.07, 6.45) is -2.57. The van der Waals surface area contributed by atoms with Gasteiger partial charge in [0.2, 0.25) is 11.8 Å². The van der Waals surface area contributed by atoms with Gasteiger partial charge in [-0.25, -0.2) is 0 Å². The summed E-state index contributed by atoms with van der Waals surface area (Å²) < 4.78 is 44.1. The van der Waals surface area contributed by atoms with Crippen molar-refractivity contribution in [3.8, 4) is 11.5 Å². The zero-order valence-electron chi connectivity index (χ0n) is 15.6. The topological polar surface area (TPSA) is 68.0 Å². The van der Waals surface area contributed by atoms with Crippen LogP contribution in [0.5, 0.6) is 0 Å². The Bertz CT molecular complexity index is 1040. The quantitative estimate of drug-likeness (QED) is 0.590. The fraction of sp³-hybridized carbons (Fsp3) is 0.286. The Kier molecular flexibility index (Phi) is 4.64. The number of nitrogens with one attached hydrogen (secondary N) is 1. The third-order valence-corrected chi connectivity index (χ3v) is 5.09. The van der Waals surface area contributed by atoms with E-state index in [-0.39, 0.29) is 11.7 Å². The van der Waals surface area contributed by atoms with Crippen LogP contribution in [0.25, 0.3) is 11.5 Å². The number of alkyl halides is 3. The number of Topliss-reactive ketones (excluding diaryl/α,β-unsaturated/α-hetero) is 1. The number of para-hydroxylation sites is 1. The number of rotatable bonds is 6. The highest BCUT2D eigenvalue weighted by Gasteiger charge is 2.54. The van der Waals surface area contributed by atoms with Gasteiger partial charge < -0.3 is 9.73 Å². The number of hydrogen-bond donors (Lipinski definition) is 1. The highest BCUT2D eigenvalue weighted by Crippen LogP contribution is 2.49. The molecule has 5 nitrogen and oxygen atoms in total. The Morgan fingerprint density at radius 3 is 2.41 bits per heavy atom. The van der Waals surface area contributed by atoms with Gasteiger partial charge in [-0.05, 0) is 49.2 Å². The zero-order valence-corrected chi connectivity index (χ0v) is 15.6. The van der Waals surface area contributed by atoms with Crippen molar-refractivity contribution in [1.29, 1.82) is 0 Å². The standard InChI is InChI=1S/C21H18F3N3O2/c1-2-17(28)20(11-12-20)19-27-26-18(29-19)15-5-3-4-6-16(15)25-14-9-7-13(8-10-14)21(22,23)24/h3-10,25H,2,11-12H2,1H3. The van der Waals surface area contributed by atoms with E-state index >= 15 is 0 Å². The number of ketones is 1. The lowest BCUT2D eigenvalue weighted by molar-refractivity contribution is -0.137.